The van der Waals surface area contributed by atoms with Gasteiger partial charge in [0.05, 0.1) is 0 Å². The second kappa shape index (κ2) is 6.33. The van der Waals surface area contributed by atoms with Crippen molar-refractivity contribution in [2.75, 3.05) is 0 Å². The van der Waals surface area contributed by atoms with Crippen molar-refractivity contribution in [3.05, 3.63) is 70.8 Å². The molecule has 0 aliphatic heterocycles. The van der Waals surface area contributed by atoms with E-state index in [9.17, 15) is 4.79 Å². The number of aryl methyl sites for hydroxylation is 2. The maximum Gasteiger partial charge on any atom is 0.193 e. The Balaban J connectivity index is 2.24. The molecule has 2 aromatic rings. The number of carbonyl (C=O) groups is 1. The molecule has 0 aromatic heterocycles. The molecule has 0 aliphatic carbocycles. The number of carbonyl (C=O) groups excluding carboxylic acids is 1. The maximum absolute atomic E-state index is 12.4. The van der Waals surface area contributed by atoms with Gasteiger partial charge in [-0.1, -0.05) is 62.7 Å². The Morgan fingerprint density at radius 1 is 0.895 bits per heavy atom. The molecule has 98 valence electrons. The number of hydrogen-bond acceptors (Lipinski definition) is 1. The van der Waals surface area contributed by atoms with Crippen molar-refractivity contribution in [2.45, 2.75) is 33.1 Å². The Hall–Kier alpha value is -1.89. The van der Waals surface area contributed by atoms with Crippen LogP contribution in [-0.4, -0.2) is 5.78 Å². The van der Waals surface area contributed by atoms with Crippen molar-refractivity contribution in [2.24, 2.45) is 0 Å². The summed E-state index contributed by atoms with van der Waals surface area (Å²) in [5.74, 6) is 0.112. The first-order chi connectivity index (χ1) is 9.24. The van der Waals surface area contributed by atoms with Gasteiger partial charge in [-0.05, 0) is 30.0 Å². The molecule has 1 heteroatoms. The van der Waals surface area contributed by atoms with Crippen molar-refractivity contribution in [3.8, 4) is 0 Å². The van der Waals surface area contributed by atoms with E-state index in [1.807, 2.05) is 42.5 Å². The summed E-state index contributed by atoms with van der Waals surface area (Å²) >= 11 is 0. The molecule has 0 N–H and O–H groups in total. The van der Waals surface area contributed by atoms with E-state index in [4.69, 9.17) is 0 Å². The van der Waals surface area contributed by atoms with Crippen LogP contribution in [0, 0.1) is 0 Å². The first-order valence-electron chi connectivity index (χ1n) is 6.97. The summed E-state index contributed by atoms with van der Waals surface area (Å²) < 4.78 is 0. The summed E-state index contributed by atoms with van der Waals surface area (Å²) in [5.41, 5.74) is 4.05. The molecule has 0 saturated carbocycles. The Labute approximate surface area is 115 Å². The largest absolute Gasteiger partial charge is 0.289 e. The van der Waals surface area contributed by atoms with Crippen LogP contribution in [-0.2, 0) is 12.8 Å². The molecule has 0 heterocycles. The molecule has 2 aromatic carbocycles. The number of rotatable bonds is 5. The second-order valence-electron chi connectivity index (χ2n) is 4.83. The van der Waals surface area contributed by atoms with E-state index in [-0.39, 0.29) is 5.78 Å². The van der Waals surface area contributed by atoms with E-state index in [1.165, 1.54) is 11.1 Å². The van der Waals surface area contributed by atoms with Crippen LogP contribution in [0.15, 0.2) is 48.5 Å². The zero-order valence-electron chi connectivity index (χ0n) is 11.6. The Kier molecular flexibility index (Phi) is 4.51. The minimum atomic E-state index is 0.112. The highest BCUT2D eigenvalue weighted by atomic mass is 16.1. The van der Waals surface area contributed by atoms with Gasteiger partial charge in [-0.2, -0.15) is 0 Å². The third kappa shape index (κ3) is 3.31. The topological polar surface area (TPSA) is 17.1 Å². The molecule has 2 rings (SSSR count). The van der Waals surface area contributed by atoms with Crippen molar-refractivity contribution in [1.29, 1.82) is 0 Å². The Bertz CT molecular complexity index is 552. The lowest BCUT2D eigenvalue weighted by atomic mass is 9.99. The highest BCUT2D eigenvalue weighted by Crippen LogP contribution is 2.14. The fourth-order valence-electron chi connectivity index (χ4n) is 2.22. The zero-order chi connectivity index (χ0) is 13.7. The summed E-state index contributed by atoms with van der Waals surface area (Å²) in [7, 11) is 0. The predicted molar refractivity (Wildman–Crippen MR) is 79.7 cm³/mol. The minimum absolute atomic E-state index is 0.112. The molecule has 0 aliphatic rings. The molecule has 0 saturated heterocycles. The standard InChI is InChI=1S/C18H20O/c1-3-6-15-7-5-8-17(13-15)18(19)16-11-9-14(4-2)10-12-16/h5,7-13H,3-4,6H2,1-2H3. The molecular weight excluding hydrogens is 232 g/mol. The Morgan fingerprint density at radius 2 is 1.63 bits per heavy atom. The van der Waals surface area contributed by atoms with Gasteiger partial charge in [0.15, 0.2) is 5.78 Å². The van der Waals surface area contributed by atoms with Gasteiger partial charge in [-0.15, -0.1) is 0 Å². The first kappa shape index (κ1) is 13.5. The van der Waals surface area contributed by atoms with E-state index in [0.717, 1.165) is 30.4 Å². The monoisotopic (exact) mass is 252 g/mol. The lowest BCUT2D eigenvalue weighted by Crippen LogP contribution is -2.02. The fourth-order valence-corrected chi connectivity index (χ4v) is 2.22. The SMILES string of the molecule is CCCc1cccc(C(=O)c2ccc(CC)cc2)c1. The van der Waals surface area contributed by atoms with Crippen LogP contribution in [0.4, 0.5) is 0 Å². The summed E-state index contributed by atoms with van der Waals surface area (Å²) in [4.78, 5) is 12.4. The van der Waals surface area contributed by atoms with Gasteiger partial charge < -0.3 is 0 Å². The fraction of sp³-hybridized carbons (Fsp3) is 0.278. The highest BCUT2D eigenvalue weighted by Gasteiger charge is 2.09. The van der Waals surface area contributed by atoms with Crippen LogP contribution in [0.1, 0.15) is 47.3 Å². The van der Waals surface area contributed by atoms with Gasteiger partial charge in [0, 0.05) is 11.1 Å². The quantitative estimate of drug-likeness (QED) is 0.719. The third-order valence-electron chi connectivity index (χ3n) is 3.35. The van der Waals surface area contributed by atoms with Crippen molar-refractivity contribution in [1.82, 2.24) is 0 Å². The van der Waals surface area contributed by atoms with Crippen LogP contribution in [0.25, 0.3) is 0 Å². The van der Waals surface area contributed by atoms with Gasteiger partial charge in [-0.25, -0.2) is 0 Å². The molecular formula is C18H20O. The molecule has 0 unspecified atom stereocenters. The van der Waals surface area contributed by atoms with Gasteiger partial charge in [-0.3, -0.25) is 4.79 Å². The van der Waals surface area contributed by atoms with Crippen LogP contribution >= 0.6 is 0 Å². The predicted octanol–water partition coefficient (Wildman–Crippen LogP) is 4.43. The van der Waals surface area contributed by atoms with E-state index in [0.29, 0.717) is 0 Å². The molecule has 0 bridgehead atoms. The zero-order valence-corrected chi connectivity index (χ0v) is 11.6. The Morgan fingerprint density at radius 3 is 2.26 bits per heavy atom. The van der Waals surface area contributed by atoms with Gasteiger partial charge in [0.1, 0.15) is 0 Å². The van der Waals surface area contributed by atoms with Crippen molar-refractivity contribution >= 4 is 5.78 Å². The number of ketones is 1. The maximum atomic E-state index is 12.4. The first-order valence-corrected chi connectivity index (χ1v) is 6.97. The normalized spacial score (nSPS) is 10.4. The van der Waals surface area contributed by atoms with Crippen molar-refractivity contribution in [3.63, 3.8) is 0 Å². The molecule has 0 amide bonds. The summed E-state index contributed by atoms with van der Waals surface area (Å²) in [5, 5.41) is 0. The number of hydrogen-bond donors (Lipinski definition) is 0. The molecule has 0 radical (unpaired) electrons. The minimum Gasteiger partial charge on any atom is -0.289 e. The summed E-state index contributed by atoms with van der Waals surface area (Å²) in [6.07, 6.45) is 3.12. The molecule has 19 heavy (non-hydrogen) atoms. The van der Waals surface area contributed by atoms with Gasteiger partial charge >= 0.3 is 0 Å². The second-order valence-corrected chi connectivity index (χ2v) is 4.83. The van der Waals surface area contributed by atoms with E-state index < -0.39 is 0 Å². The van der Waals surface area contributed by atoms with Crippen LogP contribution in [0.5, 0.6) is 0 Å². The average molecular weight is 252 g/mol. The highest BCUT2D eigenvalue weighted by molar-refractivity contribution is 6.09. The van der Waals surface area contributed by atoms with E-state index >= 15 is 0 Å². The van der Waals surface area contributed by atoms with Crippen LogP contribution in [0.3, 0.4) is 0 Å². The smallest absolute Gasteiger partial charge is 0.193 e. The third-order valence-corrected chi connectivity index (χ3v) is 3.35. The molecule has 0 fully saturated rings. The van der Waals surface area contributed by atoms with Crippen LogP contribution in [0.2, 0.25) is 0 Å². The summed E-state index contributed by atoms with van der Waals surface area (Å²) in [6.45, 7) is 4.27. The molecule has 0 spiro atoms. The molecule has 0 atom stereocenters. The van der Waals surface area contributed by atoms with Crippen LogP contribution < -0.4 is 0 Å². The average Bonchev–Trinajstić information content (AvgIpc) is 2.47. The number of benzene rings is 2. The van der Waals surface area contributed by atoms with E-state index in [2.05, 4.69) is 19.9 Å². The lowest BCUT2D eigenvalue weighted by Gasteiger charge is -2.05. The van der Waals surface area contributed by atoms with Gasteiger partial charge in [0.25, 0.3) is 0 Å². The van der Waals surface area contributed by atoms with Gasteiger partial charge in [0.2, 0.25) is 0 Å². The lowest BCUT2D eigenvalue weighted by molar-refractivity contribution is 0.103. The molecule has 1 nitrogen and oxygen atoms in total. The van der Waals surface area contributed by atoms with E-state index in [1.54, 1.807) is 0 Å². The van der Waals surface area contributed by atoms with Crippen molar-refractivity contribution < 1.29 is 4.79 Å². The summed E-state index contributed by atoms with van der Waals surface area (Å²) in [6, 6.07) is 15.9.